The van der Waals surface area contributed by atoms with Crippen LogP contribution in [0.5, 0.6) is 0 Å². The second-order valence-electron chi connectivity index (χ2n) is 7.39. The quantitative estimate of drug-likeness (QED) is 0.916. The number of carbonyl (C=O) groups is 1. The summed E-state index contributed by atoms with van der Waals surface area (Å²) >= 11 is 0. The van der Waals surface area contributed by atoms with Crippen LogP contribution in [0.1, 0.15) is 44.7 Å². The first-order valence-electron chi connectivity index (χ1n) is 8.57. The van der Waals surface area contributed by atoms with Gasteiger partial charge < -0.3 is 10.2 Å². The van der Waals surface area contributed by atoms with Gasteiger partial charge in [-0.1, -0.05) is 18.2 Å². The van der Waals surface area contributed by atoms with Crippen LogP contribution in [0.2, 0.25) is 0 Å². The minimum Gasteiger partial charge on any atom is -0.381 e. The van der Waals surface area contributed by atoms with Crippen molar-refractivity contribution in [2.45, 2.75) is 52.2 Å². The minimum absolute atomic E-state index is 0.00767. The normalized spacial score (nSPS) is 15.1. The van der Waals surface area contributed by atoms with Crippen LogP contribution in [0.4, 0.5) is 5.69 Å². The highest BCUT2D eigenvalue weighted by molar-refractivity contribution is 5.78. The Hall–Kier alpha value is -2.30. The zero-order valence-corrected chi connectivity index (χ0v) is 14.7. The molecule has 1 aromatic carbocycles. The minimum atomic E-state index is -0.00767. The Morgan fingerprint density at radius 2 is 2.04 bits per heavy atom. The van der Waals surface area contributed by atoms with Crippen LogP contribution >= 0.6 is 0 Å². The van der Waals surface area contributed by atoms with Crippen LogP contribution in [0.25, 0.3) is 0 Å². The van der Waals surface area contributed by atoms with E-state index in [-0.39, 0.29) is 11.4 Å². The number of carbonyl (C=O) groups excluding carboxylic acids is 1. The zero-order chi connectivity index (χ0) is 17.2. The molecule has 128 valence electrons. The molecule has 0 radical (unpaired) electrons. The van der Waals surface area contributed by atoms with Crippen molar-refractivity contribution >= 4 is 11.6 Å². The van der Waals surface area contributed by atoms with Crippen molar-refractivity contribution in [2.75, 3.05) is 11.9 Å². The topological polar surface area (TPSA) is 50.2 Å². The number of para-hydroxylation sites is 1. The molecule has 1 fully saturated rings. The average Bonchev–Trinajstić information content (AvgIpc) is 3.16. The van der Waals surface area contributed by atoms with Gasteiger partial charge in [0, 0.05) is 43.5 Å². The van der Waals surface area contributed by atoms with Gasteiger partial charge in [-0.2, -0.15) is 5.10 Å². The Morgan fingerprint density at radius 1 is 1.25 bits per heavy atom. The highest BCUT2D eigenvalue weighted by Gasteiger charge is 2.21. The van der Waals surface area contributed by atoms with E-state index in [0.29, 0.717) is 13.0 Å². The summed E-state index contributed by atoms with van der Waals surface area (Å²) in [5.74, 6) is 0.260. The molecule has 2 aromatic rings. The molecule has 1 aromatic heterocycles. The van der Waals surface area contributed by atoms with Crippen LogP contribution in [0.15, 0.2) is 36.7 Å². The molecule has 1 amide bonds. The lowest BCUT2D eigenvalue weighted by molar-refractivity contribution is -0.128. The number of amides is 1. The third-order valence-electron chi connectivity index (χ3n) is 4.36. The van der Waals surface area contributed by atoms with Crippen molar-refractivity contribution in [2.24, 2.45) is 0 Å². The van der Waals surface area contributed by atoms with E-state index < -0.39 is 0 Å². The molecule has 3 rings (SSSR count). The first kappa shape index (κ1) is 16.6. The van der Waals surface area contributed by atoms with Gasteiger partial charge in [-0.25, -0.2) is 0 Å². The van der Waals surface area contributed by atoms with Gasteiger partial charge in [-0.3, -0.25) is 9.48 Å². The Kier molecular flexibility index (Phi) is 4.60. The maximum absolute atomic E-state index is 11.9. The van der Waals surface area contributed by atoms with E-state index >= 15 is 0 Å². The van der Waals surface area contributed by atoms with Crippen LogP contribution in [0.3, 0.4) is 0 Å². The number of rotatable bonds is 5. The van der Waals surface area contributed by atoms with Crippen molar-refractivity contribution in [1.29, 1.82) is 0 Å². The molecule has 5 nitrogen and oxygen atoms in total. The lowest BCUT2D eigenvalue weighted by atomic mass is 10.1. The summed E-state index contributed by atoms with van der Waals surface area (Å²) in [6, 6.07) is 8.21. The van der Waals surface area contributed by atoms with Crippen LogP contribution < -0.4 is 5.32 Å². The van der Waals surface area contributed by atoms with E-state index in [1.165, 1.54) is 0 Å². The zero-order valence-electron chi connectivity index (χ0n) is 14.7. The molecule has 0 saturated carbocycles. The van der Waals surface area contributed by atoms with Crippen molar-refractivity contribution in [3.63, 3.8) is 0 Å². The smallest absolute Gasteiger partial charge is 0.222 e. The van der Waals surface area contributed by atoms with E-state index in [4.69, 9.17) is 0 Å². The van der Waals surface area contributed by atoms with Gasteiger partial charge in [0.25, 0.3) is 0 Å². The largest absolute Gasteiger partial charge is 0.381 e. The van der Waals surface area contributed by atoms with Gasteiger partial charge in [0.05, 0.1) is 11.7 Å². The average molecular weight is 326 g/mol. The second kappa shape index (κ2) is 6.67. The summed E-state index contributed by atoms with van der Waals surface area (Å²) in [5, 5.41) is 7.93. The fraction of sp³-hybridized carbons (Fsp3) is 0.474. The molecule has 0 unspecified atom stereocenters. The number of hydrogen-bond acceptors (Lipinski definition) is 3. The third kappa shape index (κ3) is 3.78. The van der Waals surface area contributed by atoms with Crippen LogP contribution in [0, 0.1) is 0 Å². The maximum atomic E-state index is 11.9. The predicted octanol–water partition coefficient (Wildman–Crippen LogP) is 3.37. The van der Waals surface area contributed by atoms with E-state index in [2.05, 4.69) is 49.5 Å². The number of hydrogen-bond donors (Lipinski definition) is 1. The molecule has 0 spiro atoms. The Labute approximate surface area is 143 Å². The molecular weight excluding hydrogens is 300 g/mol. The van der Waals surface area contributed by atoms with E-state index in [0.717, 1.165) is 36.3 Å². The third-order valence-corrected chi connectivity index (χ3v) is 4.36. The summed E-state index contributed by atoms with van der Waals surface area (Å²) in [7, 11) is 0. The number of likely N-dealkylation sites (tertiary alicyclic amines) is 1. The van der Waals surface area contributed by atoms with Gasteiger partial charge >= 0.3 is 0 Å². The molecule has 0 aliphatic carbocycles. The SMILES string of the molecule is CC(C)(C)n1cc(CNc2ccccc2CN2CCCC2=O)cn1. The molecule has 24 heavy (non-hydrogen) atoms. The molecule has 0 atom stereocenters. The summed E-state index contributed by atoms with van der Waals surface area (Å²) in [4.78, 5) is 13.8. The number of aromatic nitrogens is 2. The van der Waals surface area contributed by atoms with Crippen LogP contribution in [-0.2, 0) is 23.4 Å². The summed E-state index contributed by atoms with van der Waals surface area (Å²) in [6.45, 7) is 8.69. The highest BCUT2D eigenvalue weighted by atomic mass is 16.2. The molecule has 2 heterocycles. The molecule has 5 heteroatoms. The molecule has 1 saturated heterocycles. The lowest BCUT2D eigenvalue weighted by Crippen LogP contribution is -2.24. The predicted molar refractivity (Wildman–Crippen MR) is 95.6 cm³/mol. The van der Waals surface area contributed by atoms with Crippen LogP contribution in [-0.4, -0.2) is 27.1 Å². The fourth-order valence-corrected chi connectivity index (χ4v) is 2.92. The van der Waals surface area contributed by atoms with Gasteiger partial charge in [0.2, 0.25) is 5.91 Å². The number of benzene rings is 1. The number of nitrogens with one attached hydrogen (secondary N) is 1. The molecular formula is C19H26N4O. The first-order valence-corrected chi connectivity index (χ1v) is 8.57. The number of nitrogens with zero attached hydrogens (tertiary/aromatic N) is 3. The molecule has 1 N–H and O–H groups in total. The summed E-state index contributed by atoms with van der Waals surface area (Å²) < 4.78 is 1.98. The van der Waals surface area contributed by atoms with Gasteiger partial charge in [0.1, 0.15) is 0 Å². The first-order chi connectivity index (χ1) is 11.4. The highest BCUT2D eigenvalue weighted by Crippen LogP contribution is 2.21. The summed E-state index contributed by atoms with van der Waals surface area (Å²) in [6.07, 6.45) is 5.65. The Bertz CT molecular complexity index is 714. The van der Waals surface area contributed by atoms with Gasteiger partial charge in [0.15, 0.2) is 0 Å². The second-order valence-corrected chi connectivity index (χ2v) is 7.39. The molecule has 1 aliphatic heterocycles. The van der Waals surface area contributed by atoms with E-state index in [1.54, 1.807) is 0 Å². The fourth-order valence-electron chi connectivity index (χ4n) is 2.92. The van der Waals surface area contributed by atoms with Crippen molar-refractivity contribution < 1.29 is 4.79 Å². The van der Waals surface area contributed by atoms with Gasteiger partial charge in [-0.15, -0.1) is 0 Å². The Morgan fingerprint density at radius 3 is 2.71 bits per heavy atom. The molecule has 1 aliphatic rings. The van der Waals surface area contributed by atoms with Crippen molar-refractivity contribution in [3.8, 4) is 0 Å². The maximum Gasteiger partial charge on any atom is 0.222 e. The van der Waals surface area contributed by atoms with Crippen molar-refractivity contribution in [1.82, 2.24) is 14.7 Å². The standard InChI is InChI=1S/C19H26N4O/c1-19(2,3)23-13-15(12-21-23)11-20-17-8-5-4-7-16(17)14-22-10-6-9-18(22)24/h4-5,7-8,12-13,20H,6,9-11,14H2,1-3H3. The van der Waals surface area contributed by atoms with E-state index in [1.807, 2.05) is 27.9 Å². The van der Waals surface area contributed by atoms with Gasteiger partial charge in [-0.05, 0) is 38.8 Å². The monoisotopic (exact) mass is 326 g/mol. The molecule has 0 bridgehead atoms. The lowest BCUT2D eigenvalue weighted by Gasteiger charge is -2.19. The van der Waals surface area contributed by atoms with E-state index in [9.17, 15) is 4.79 Å². The Balaban J connectivity index is 1.67. The number of anilines is 1. The van der Waals surface area contributed by atoms with Crippen molar-refractivity contribution in [3.05, 3.63) is 47.8 Å². The summed E-state index contributed by atoms with van der Waals surface area (Å²) in [5.41, 5.74) is 3.39.